The second kappa shape index (κ2) is 7.34. The summed E-state index contributed by atoms with van der Waals surface area (Å²) in [5.41, 5.74) is 6.95. The summed E-state index contributed by atoms with van der Waals surface area (Å²) in [6, 6.07) is 8.06. The second-order valence-corrected chi connectivity index (χ2v) is 6.55. The third-order valence-electron chi connectivity index (χ3n) is 3.51. The maximum Gasteiger partial charge on any atom is 0.238 e. The Morgan fingerprint density at radius 3 is 2.55 bits per heavy atom. The van der Waals surface area contributed by atoms with Gasteiger partial charge in [-0.25, -0.2) is 8.78 Å². The molecule has 0 saturated heterocycles. The van der Waals surface area contributed by atoms with Gasteiger partial charge in [0.05, 0.1) is 4.34 Å². The van der Waals surface area contributed by atoms with Gasteiger partial charge < -0.3 is 5.73 Å². The summed E-state index contributed by atoms with van der Waals surface area (Å²) < 4.78 is 26.2. The molecular formula is C15H18ClF2NS. The van der Waals surface area contributed by atoms with Gasteiger partial charge in [0.15, 0.2) is 0 Å². The predicted molar refractivity (Wildman–Crippen MR) is 83.1 cm³/mol. The molecule has 0 saturated carbocycles. The number of alkyl halides is 2. The van der Waals surface area contributed by atoms with Crippen LogP contribution < -0.4 is 5.73 Å². The molecule has 1 nitrogen and oxygen atoms in total. The molecule has 20 heavy (non-hydrogen) atoms. The van der Waals surface area contributed by atoms with Crippen molar-refractivity contribution < 1.29 is 8.78 Å². The highest BCUT2D eigenvalue weighted by Gasteiger charge is 2.19. The van der Waals surface area contributed by atoms with Crippen LogP contribution in [0.3, 0.4) is 0 Å². The maximum atomic E-state index is 12.1. The second-order valence-electron chi connectivity index (χ2n) is 4.89. The number of halogens is 3. The van der Waals surface area contributed by atoms with Gasteiger partial charge >= 0.3 is 0 Å². The van der Waals surface area contributed by atoms with Crippen molar-refractivity contribution in [3.63, 3.8) is 0 Å². The first-order chi connectivity index (χ1) is 9.63. The summed E-state index contributed by atoms with van der Waals surface area (Å²) >= 11 is 7.90. The van der Waals surface area contributed by atoms with Crippen molar-refractivity contribution in [2.75, 3.05) is 6.54 Å². The van der Waals surface area contributed by atoms with Gasteiger partial charge in [0.2, 0.25) is 6.43 Å². The van der Waals surface area contributed by atoms with E-state index in [0.717, 1.165) is 32.8 Å². The Kier molecular flexibility index (Phi) is 5.75. The van der Waals surface area contributed by atoms with E-state index in [1.807, 2.05) is 18.2 Å². The van der Waals surface area contributed by atoms with E-state index in [2.05, 4.69) is 6.07 Å². The number of fused-ring (bicyclic) bond motifs is 1. The molecule has 2 N–H and O–H groups in total. The van der Waals surface area contributed by atoms with Crippen molar-refractivity contribution in [3.05, 3.63) is 34.2 Å². The fraction of sp³-hybridized carbons (Fsp3) is 0.467. The Morgan fingerprint density at radius 1 is 1.15 bits per heavy atom. The van der Waals surface area contributed by atoms with Crippen LogP contribution in [0.25, 0.3) is 10.1 Å². The molecule has 0 radical (unpaired) electrons. The minimum atomic E-state index is -2.21. The number of hydrogen-bond acceptors (Lipinski definition) is 2. The quantitative estimate of drug-likeness (QED) is 0.678. The lowest BCUT2D eigenvalue weighted by Crippen LogP contribution is -2.12. The van der Waals surface area contributed by atoms with E-state index in [4.69, 9.17) is 17.3 Å². The first kappa shape index (κ1) is 15.7. The first-order valence-corrected chi connectivity index (χ1v) is 7.98. The lowest BCUT2D eigenvalue weighted by Gasteiger charge is -2.15. The molecule has 0 aliphatic heterocycles. The molecule has 1 atom stereocenters. The topological polar surface area (TPSA) is 26.0 Å². The predicted octanol–water partition coefficient (Wildman–Crippen LogP) is 5.42. The monoisotopic (exact) mass is 317 g/mol. The summed E-state index contributed by atoms with van der Waals surface area (Å²) in [7, 11) is 0. The smallest absolute Gasteiger partial charge is 0.238 e. The van der Waals surface area contributed by atoms with E-state index in [-0.39, 0.29) is 12.3 Å². The highest BCUT2D eigenvalue weighted by molar-refractivity contribution is 7.22. The molecule has 0 aliphatic rings. The zero-order valence-electron chi connectivity index (χ0n) is 11.1. The average Bonchev–Trinajstić information content (AvgIpc) is 2.75. The molecular weight excluding hydrogens is 300 g/mol. The highest BCUT2D eigenvalue weighted by Crippen LogP contribution is 2.40. The SMILES string of the molecule is NCC(CCCCC(F)F)c1c(Cl)sc2ccccc12. The van der Waals surface area contributed by atoms with Crippen molar-refractivity contribution in [3.8, 4) is 0 Å². The molecule has 0 spiro atoms. The van der Waals surface area contributed by atoms with Crippen LogP contribution in [0.5, 0.6) is 0 Å². The molecule has 1 aromatic heterocycles. The van der Waals surface area contributed by atoms with Gasteiger partial charge in [-0.2, -0.15) is 0 Å². The van der Waals surface area contributed by atoms with Gasteiger partial charge in [0, 0.05) is 11.1 Å². The fourth-order valence-electron chi connectivity index (χ4n) is 2.49. The Hall–Kier alpha value is -0.710. The van der Waals surface area contributed by atoms with E-state index >= 15 is 0 Å². The molecule has 0 amide bonds. The minimum Gasteiger partial charge on any atom is -0.330 e. The Balaban J connectivity index is 2.11. The van der Waals surface area contributed by atoms with Crippen LogP contribution in [0, 0.1) is 0 Å². The highest BCUT2D eigenvalue weighted by atomic mass is 35.5. The van der Waals surface area contributed by atoms with Gasteiger partial charge in [-0.3, -0.25) is 0 Å². The van der Waals surface area contributed by atoms with Gasteiger partial charge in [-0.1, -0.05) is 36.2 Å². The lowest BCUT2D eigenvalue weighted by molar-refractivity contribution is 0.133. The summed E-state index contributed by atoms with van der Waals surface area (Å²) in [5, 5.41) is 1.15. The van der Waals surface area contributed by atoms with Gasteiger partial charge in [0.1, 0.15) is 0 Å². The van der Waals surface area contributed by atoms with Crippen LogP contribution >= 0.6 is 22.9 Å². The molecule has 1 heterocycles. The van der Waals surface area contributed by atoms with Crippen LogP contribution in [0.2, 0.25) is 4.34 Å². The van der Waals surface area contributed by atoms with Gasteiger partial charge in [-0.15, -0.1) is 11.3 Å². The fourth-order valence-corrected chi connectivity index (χ4v) is 4.01. The number of hydrogen-bond donors (Lipinski definition) is 1. The third kappa shape index (κ3) is 3.68. The number of unbranched alkanes of at least 4 members (excludes halogenated alkanes) is 1. The van der Waals surface area contributed by atoms with E-state index in [1.54, 1.807) is 11.3 Å². The number of thiophene rings is 1. The molecule has 0 bridgehead atoms. The minimum absolute atomic E-state index is 0.0323. The van der Waals surface area contributed by atoms with Crippen LogP contribution in [-0.4, -0.2) is 13.0 Å². The molecule has 5 heteroatoms. The molecule has 0 fully saturated rings. The Labute approximate surface area is 126 Å². The lowest BCUT2D eigenvalue weighted by atomic mass is 9.93. The van der Waals surface area contributed by atoms with E-state index < -0.39 is 6.43 Å². The Morgan fingerprint density at radius 2 is 1.85 bits per heavy atom. The van der Waals surface area contributed by atoms with Crippen LogP contribution in [0.15, 0.2) is 24.3 Å². The van der Waals surface area contributed by atoms with Crippen LogP contribution in [-0.2, 0) is 0 Å². The molecule has 2 rings (SSSR count). The maximum absolute atomic E-state index is 12.1. The summed E-state index contributed by atoms with van der Waals surface area (Å²) in [5.74, 6) is 0.149. The molecule has 0 aliphatic carbocycles. The molecule has 1 aromatic carbocycles. The first-order valence-electron chi connectivity index (χ1n) is 6.78. The largest absolute Gasteiger partial charge is 0.330 e. The van der Waals surface area contributed by atoms with E-state index in [1.165, 1.54) is 0 Å². The average molecular weight is 318 g/mol. The zero-order valence-corrected chi connectivity index (χ0v) is 12.7. The van der Waals surface area contributed by atoms with Crippen molar-refractivity contribution in [1.29, 1.82) is 0 Å². The van der Waals surface area contributed by atoms with Crippen molar-refractivity contribution in [2.24, 2.45) is 5.73 Å². The molecule has 1 unspecified atom stereocenters. The number of nitrogens with two attached hydrogens (primary N) is 1. The van der Waals surface area contributed by atoms with Crippen molar-refractivity contribution in [2.45, 2.75) is 38.0 Å². The molecule has 110 valence electrons. The summed E-state index contributed by atoms with van der Waals surface area (Å²) in [6.45, 7) is 0.495. The van der Waals surface area contributed by atoms with Crippen molar-refractivity contribution >= 4 is 33.0 Å². The van der Waals surface area contributed by atoms with Crippen LogP contribution in [0.4, 0.5) is 8.78 Å². The summed E-state index contributed by atoms with van der Waals surface area (Å²) in [6.07, 6.45) is -0.142. The number of benzene rings is 1. The number of rotatable bonds is 7. The zero-order chi connectivity index (χ0) is 14.5. The standard InChI is InChI=1S/C15H18ClF2NS/c16-15-14(11-6-2-3-7-12(11)20-15)10(9-19)5-1-4-8-13(17)18/h2-3,6-7,10,13H,1,4-5,8-9,19H2. The van der Waals surface area contributed by atoms with Crippen LogP contribution in [0.1, 0.15) is 37.2 Å². The van der Waals surface area contributed by atoms with E-state index in [0.29, 0.717) is 13.0 Å². The van der Waals surface area contributed by atoms with Crippen molar-refractivity contribution in [1.82, 2.24) is 0 Å². The van der Waals surface area contributed by atoms with Gasteiger partial charge in [-0.05, 0) is 42.3 Å². The Bertz CT molecular complexity index is 556. The van der Waals surface area contributed by atoms with Gasteiger partial charge in [0.25, 0.3) is 0 Å². The normalized spacial score (nSPS) is 13.2. The van der Waals surface area contributed by atoms with E-state index in [9.17, 15) is 8.78 Å². The summed E-state index contributed by atoms with van der Waals surface area (Å²) in [4.78, 5) is 0. The third-order valence-corrected chi connectivity index (χ3v) is 4.92. The molecule has 2 aromatic rings.